The van der Waals surface area contributed by atoms with Crippen LogP contribution in [0.4, 0.5) is 0 Å². The van der Waals surface area contributed by atoms with Gasteiger partial charge in [-0.2, -0.15) is 0 Å². The van der Waals surface area contributed by atoms with Crippen LogP contribution in [0.1, 0.15) is 71.1 Å². The number of rotatable bonds is 10. The van der Waals surface area contributed by atoms with Crippen molar-refractivity contribution in [3.8, 4) is 6.01 Å². The summed E-state index contributed by atoms with van der Waals surface area (Å²) in [6, 6.07) is 0.965. The highest BCUT2D eigenvalue weighted by atomic mass is 16.5. The molecular formula is C17H31N3O. The van der Waals surface area contributed by atoms with Gasteiger partial charge in [0, 0.05) is 30.0 Å². The van der Waals surface area contributed by atoms with E-state index in [1.54, 1.807) is 0 Å². The first kappa shape index (κ1) is 17.9. The molecule has 0 aliphatic carbocycles. The van der Waals surface area contributed by atoms with Crippen LogP contribution in [-0.2, 0) is 6.54 Å². The van der Waals surface area contributed by atoms with Gasteiger partial charge in [0.05, 0.1) is 6.10 Å². The summed E-state index contributed by atoms with van der Waals surface area (Å²) in [5.74, 6) is 0. The summed E-state index contributed by atoms with van der Waals surface area (Å²) in [5, 5.41) is 3.38. The first-order valence-corrected chi connectivity index (χ1v) is 8.25. The number of nitrogens with zero attached hydrogens (tertiary/aromatic N) is 2. The Morgan fingerprint density at radius 2 is 1.95 bits per heavy atom. The van der Waals surface area contributed by atoms with Crippen molar-refractivity contribution in [1.82, 2.24) is 15.3 Å². The number of hydrogen-bond acceptors (Lipinski definition) is 4. The summed E-state index contributed by atoms with van der Waals surface area (Å²) < 4.78 is 5.81. The van der Waals surface area contributed by atoms with E-state index in [-0.39, 0.29) is 6.10 Å². The van der Waals surface area contributed by atoms with Crippen LogP contribution in [0.5, 0.6) is 6.01 Å². The summed E-state index contributed by atoms with van der Waals surface area (Å²) in [4.78, 5) is 8.79. The third-order valence-corrected chi connectivity index (χ3v) is 3.53. The lowest BCUT2D eigenvalue weighted by molar-refractivity contribution is 0.188. The highest BCUT2D eigenvalue weighted by Crippen LogP contribution is 2.13. The summed E-state index contributed by atoms with van der Waals surface area (Å²) in [6.45, 7) is 11.4. The first-order chi connectivity index (χ1) is 10.0. The molecule has 1 heterocycles. The Labute approximate surface area is 129 Å². The monoisotopic (exact) mass is 293 g/mol. The molecule has 0 fully saturated rings. The Morgan fingerprint density at radius 3 is 2.57 bits per heavy atom. The molecule has 0 aliphatic heterocycles. The SMILES string of the molecule is CCCCCCC(C)Oc1ncc(CNC(C)C)c(C)n1. The van der Waals surface area contributed by atoms with Gasteiger partial charge in [0.2, 0.25) is 0 Å². The number of aryl methyl sites for hydroxylation is 1. The predicted octanol–water partition coefficient (Wildman–Crippen LogP) is 4.02. The van der Waals surface area contributed by atoms with Crippen molar-refractivity contribution < 1.29 is 4.74 Å². The molecule has 0 saturated carbocycles. The lowest BCUT2D eigenvalue weighted by Crippen LogP contribution is -2.23. The molecule has 120 valence electrons. The van der Waals surface area contributed by atoms with Crippen molar-refractivity contribution in [3.63, 3.8) is 0 Å². The van der Waals surface area contributed by atoms with E-state index in [0.29, 0.717) is 12.1 Å². The largest absolute Gasteiger partial charge is 0.460 e. The Kier molecular flexibility index (Phi) is 8.28. The van der Waals surface area contributed by atoms with Crippen LogP contribution in [0.15, 0.2) is 6.20 Å². The first-order valence-electron chi connectivity index (χ1n) is 8.25. The van der Waals surface area contributed by atoms with E-state index in [2.05, 4.69) is 43.0 Å². The second-order valence-electron chi connectivity index (χ2n) is 6.08. The van der Waals surface area contributed by atoms with Crippen LogP contribution in [0, 0.1) is 6.92 Å². The van der Waals surface area contributed by atoms with Gasteiger partial charge in [-0.25, -0.2) is 9.97 Å². The lowest BCUT2D eigenvalue weighted by Gasteiger charge is -2.14. The minimum absolute atomic E-state index is 0.181. The predicted molar refractivity (Wildman–Crippen MR) is 87.6 cm³/mol. The molecule has 21 heavy (non-hydrogen) atoms. The van der Waals surface area contributed by atoms with Gasteiger partial charge >= 0.3 is 6.01 Å². The Bertz CT molecular complexity index is 407. The fourth-order valence-electron chi connectivity index (χ4n) is 2.11. The van der Waals surface area contributed by atoms with Crippen LogP contribution in [0.3, 0.4) is 0 Å². The standard InChI is InChI=1S/C17H31N3O/c1-6-7-8-9-10-14(4)21-17-19-12-16(15(5)20-17)11-18-13(2)3/h12-14,18H,6-11H2,1-5H3. The zero-order valence-corrected chi connectivity index (χ0v) is 14.3. The Hall–Kier alpha value is -1.16. The normalized spacial score (nSPS) is 12.7. The summed E-state index contributed by atoms with van der Waals surface area (Å²) in [5.41, 5.74) is 2.12. The molecule has 1 atom stereocenters. The van der Waals surface area contributed by atoms with Crippen molar-refractivity contribution in [2.45, 2.75) is 85.4 Å². The van der Waals surface area contributed by atoms with Gasteiger partial charge in [-0.1, -0.05) is 40.0 Å². The van der Waals surface area contributed by atoms with E-state index < -0.39 is 0 Å². The van der Waals surface area contributed by atoms with Crippen molar-refractivity contribution in [2.75, 3.05) is 0 Å². The van der Waals surface area contributed by atoms with E-state index in [0.717, 1.165) is 24.2 Å². The van der Waals surface area contributed by atoms with Crippen molar-refractivity contribution in [3.05, 3.63) is 17.5 Å². The molecule has 0 radical (unpaired) electrons. The molecule has 0 bridgehead atoms. The van der Waals surface area contributed by atoms with Gasteiger partial charge in [0.15, 0.2) is 0 Å². The van der Waals surface area contributed by atoms with Crippen LogP contribution in [0.25, 0.3) is 0 Å². The number of hydrogen-bond donors (Lipinski definition) is 1. The molecule has 1 N–H and O–H groups in total. The van der Waals surface area contributed by atoms with Gasteiger partial charge < -0.3 is 10.1 Å². The Balaban J connectivity index is 2.43. The number of nitrogens with one attached hydrogen (secondary N) is 1. The van der Waals surface area contributed by atoms with Gasteiger partial charge in [-0.15, -0.1) is 0 Å². The van der Waals surface area contributed by atoms with Crippen molar-refractivity contribution >= 4 is 0 Å². The molecule has 0 aromatic carbocycles. The number of ether oxygens (including phenoxy) is 1. The highest BCUT2D eigenvalue weighted by molar-refractivity contribution is 5.17. The van der Waals surface area contributed by atoms with E-state index in [1.165, 1.54) is 25.7 Å². The molecule has 0 spiro atoms. The van der Waals surface area contributed by atoms with Crippen molar-refractivity contribution in [2.24, 2.45) is 0 Å². The molecule has 1 aromatic rings. The molecule has 4 nitrogen and oxygen atoms in total. The van der Waals surface area contributed by atoms with Crippen molar-refractivity contribution in [1.29, 1.82) is 0 Å². The summed E-state index contributed by atoms with van der Waals surface area (Å²) in [6.07, 6.45) is 8.19. The molecule has 1 unspecified atom stereocenters. The molecule has 0 amide bonds. The van der Waals surface area contributed by atoms with Gasteiger partial charge in [-0.05, 0) is 26.7 Å². The van der Waals surface area contributed by atoms with E-state index in [4.69, 9.17) is 4.74 Å². The maximum absolute atomic E-state index is 5.81. The highest BCUT2D eigenvalue weighted by Gasteiger charge is 2.09. The second-order valence-corrected chi connectivity index (χ2v) is 6.08. The fourth-order valence-corrected chi connectivity index (χ4v) is 2.11. The minimum atomic E-state index is 0.181. The van der Waals surface area contributed by atoms with E-state index in [1.807, 2.05) is 13.1 Å². The van der Waals surface area contributed by atoms with Crippen LogP contribution < -0.4 is 10.1 Å². The molecule has 4 heteroatoms. The molecular weight excluding hydrogens is 262 g/mol. The van der Waals surface area contributed by atoms with E-state index >= 15 is 0 Å². The smallest absolute Gasteiger partial charge is 0.316 e. The average molecular weight is 293 g/mol. The third kappa shape index (κ3) is 7.42. The number of aromatic nitrogens is 2. The Morgan fingerprint density at radius 1 is 1.19 bits per heavy atom. The van der Waals surface area contributed by atoms with Crippen LogP contribution in [0.2, 0.25) is 0 Å². The minimum Gasteiger partial charge on any atom is -0.460 e. The molecule has 0 saturated heterocycles. The molecule has 1 aromatic heterocycles. The number of unbranched alkanes of at least 4 members (excludes halogenated alkanes) is 3. The van der Waals surface area contributed by atoms with E-state index in [9.17, 15) is 0 Å². The molecule has 1 rings (SSSR count). The summed E-state index contributed by atoms with van der Waals surface area (Å²) in [7, 11) is 0. The van der Waals surface area contributed by atoms with Gasteiger partial charge in [0.25, 0.3) is 0 Å². The third-order valence-electron chi connectivity index (χ3n) is 3.53. The topological polar surface area (TPSA) is 47.0 Å². The second kappa shape index (κ2) is 9.72. The average Bonchev–Trinajstić information content (AvgIpc) is 2.42. The fraction of sp³-hybridized carbons (Fsp3) is 0.765. The quantitative estimate of drug-likeness (QED) is 0.662. The zero-order valence-electron chi connectivity index (χ0n) is 14.3. The molecule has 0 aliphatic rings. The van der Waals surface area contributed by atoms with Crippen LogP contribution in [-0.4, -0.2) is 22.1 Å². The van der Waals surface area contributed by atoms with Gasteiger partial charge in [0.1, 0.15) is 0 Å². The lowest BCUT2D eigenvalue weighted by atomic mass is 10.1. The maximum atomic E-state index is 5.81. The van der Waals surface area contributed by atoms with Crippen LogP contribution >= 0.6 is 0 Å². The summed E-state index contributed by atoms with van der Waals surface area (Å²) >= 11 is 0. The maximum Gasteiger partial charge on any atom is 0.316 e. The zero-order chi connectivity index (χ0) is 15.7. The van der Waals surface area contributed by atoms with Gasteiger partial charge in [-0.3, -0.25) is 0 Å².